The third-order valence-electron chi connectivity index (χ3n) is 2.40. The van der Waals surface area contributed by atoms with Crippen LogP contribution in [0.5, 0.6) is 5.75 Å². The number of pyridine rings is 1. The number of nitrogens with zero attached hydrogens (tertiary/aromatic N) is 2. The number of rotatable bonds is 3. The van der Waals surface area contributed by atoms with Crippen molar-refractivity contribution in [2.24, 2.45) is 4.99 Å². The summed E-state index contributed by atoms with van der Waals surface area (Å²) in [5, 5.41) is 0. The van der Waals surface area contributed by atoms with Crippen molar-refractivity contribution >= 4 is 11.4 Å². The highest BCUT2D eigenvalue weighted by Gasteiger charge is 1.98. The number of benzene rings is 1. The van der Waals surface area contributed by atoms with Crippen LogP contribution >= 0.6 is 0 Å². The average molecular weight is 226 g/mol. The van der Waals surface area contributed by atoms with Crippen molar-refractivity contribution in [2.75, 3.05) is 7.11 Å². The SMILES string of the molecule is COc1ccc(N=C(C)c2ccccn2)cc1. The van der Waals surface area contributed by atoms with Crippen LogP contribution in [0.2, 0.25) is 0 Å². The van der Waals surface area contributed by atoms with Gasteiger partial charge in [-0.15, -0.1) is 0 Å². The predicted molar refractivity (Wildman–Crippen MR) is 69.1 cm³/mol. The van der Waals surface area contributed by atoms with E-state index in [4.69, 9.17) is 4.74 Å². The maximum Gasteiger partial charge on any atom is 0.119 e. The van der Waals surface area contributed by atoms with Gasteiger partial charge in [-0.2, -0.15) is 0 Å². The van der Waals surface area contributed by atoms with Crippen LogP contribution in [0.15, 0.2) is 53.7 Å². The summed E-state index contributed by atoms with van der Waals surface area (Å²) in [7, 11) is 1.65. The van der Waals surface area contributed by atoms with Crippen LogP contribution in [0.3, 0.4) is 0 Å². The van der Waals surface area contributed by atoms with Gasteiger partial charge in [0.25, 0.3) is 0 Å². The number of methoxy groups -OCH3 is 1. The van der Waals surface area contributed by atoms with E-state index in [1.807, 2.05) is 49.4 Å². The zero-order valence-corrected chi connectivity index (χ0v) is 9.92. The van der Waals surface area contributed by atoms with Crippen LogP contribution in [-0.2, 0) is 0 Å². The second-order valence-corrected chi connectivity index (χ2v) is 3.61. The molecule has 0 aliphatic heterocycles. The van der Waals surface area contributed by atoms with Gasteiger partial charge in [0, 0.05) is 6.20 Å². The molecule has 1 aromatic heterocycles. The average Bonchev–Trinajstić information content (AvgIpc) is 2.40. The van der Waals surface area contributed by atoms with E-state index < -0.39 is 0 Å². The summed E-state index contributed by atoms with van der Waals surface area (Å²) in [4.78, 5) is 8.76. The van der Waals surface area contributed by atoms with Gasteiger partial charge in [-0.05, 0) is 43.3 Å². The third-order valence-corrected chi connectivity index (χ3v) is 2.40. The lowest BCUT2D eigenvalue weighted by molar-refractivity contribution is 0.415. The van der Waals surface area contributed by atoms with Crippen LogP contribution < -0.4 is 4.74 Å². The summed E-state index contributed by atoms with van der Waals surface area (Å²) < 4.78 is 5.10. The summed E-state index contributed by atoms with van der Waals surface area (Å²) in [6.45, 7) is 1.95. The molecule has 0 unspecified atom stereocenters. The van der Waals surface area contributed by atoms with Gasteiger partial charge < -0.3 is 4.74 Å². The molecular formula is C14H14N2O. The van der Waals surface area contributed by atoms with Crippen molar-refractivity contribution in [2.45, 2.75) is 6.92 Å². The topological polar surface area (TPSA) is 34.5 Å². The number of hydrogen-bond donors (Lipinski definition) is 0. The Bertz CT molecular complexity index is 504. The first-order valence-corrected chi connectivity index (χ1v) is 5.40. The molecule has 0 atom stereocenters. The molecule has 0 amide bonds. The molecule has 0 saturated carbocycles. The van der Waals surface area contributed by atoms with Gasteiger partial charge in [0.15, 0.2) is 0 Å². The number of ether oxygens (including phenoxy) is 1. The minimum Gasteiger partial charge on any atom is -0.497 e. The van der Waals surface area contributed by atoms with Crippen molar-refractivity contribution in [3.8, 4) is 5.75 Å². The van der Waals surface area contributed by atoms with E-state index in [0.29, 0.717) is 0 Å². The van der Waals surface area contributed by atoms with Gasteiger partial charge in [-0.1, -0.05) is 6.07 Å². The Balaban J connectivity index is 2.23. The van der Waals surface area contributed by atoms with E-state index >= 15 is 0 Å². The Labute approximate surface area is 101 Å². The molecular weight excluding hydrogens is 212 g/mol. The molecule has 0 fully saturated rings. The van der Waals surface area contributed by atoms with Crippen LogP contribution in [-0.4, -0.2) is 17.8 Å². The summed E-state index contributed by atoms with van der Waals surface area (Å²) in [5.41, 5.74) is 2.69. The molecule has 17 heavy (non-hydrogen) atoms. The van der Waals surface area contributed by atoms with Crippen molar-refractivity contribution in [3.05, 3.63) is 54.4 Å². The van der Waals surface area contributed by atoms with Crippen LogP contribution in [0.25, 0.3) is 0 Å². The predicted octanol–water partition coefficient (Wildman–Crippen LogP) is 3.23. The van der Waals surface area contributed by atoms with Gasteiger partial charge in [-0.25, -0.2) is 0 Å². The van der Waals surface area contributed by atoms with Gasteiger partial charge in [0.1, 0.15) is 5.75 Å². The molecule has 2 aromatic rings. The largest absolute Gasteiger partial charge is 0.497 e. The van der Waals surface area contributed by atoms with Crippen LogP contribution in [0.1, 0.15) is 12.6 Å². The van der Waals surface area contributed by atoms with E-state index in [9.17, 15) is 0 Å². The zero-order chi connectivity index (χ0) is 12.1. The first kappa shape index (κ1) is 11.3. The molecule has 3 nitrogen and oxygen atoms in total. The number of aromatic nitrogens is 1. The van der Waals surface area contributed by atoms with E-state index in [-0.39, 0.29) is 0 Å². The van der Waals surface area contributed by atoms with Gasteiger partial charge in [0.05, 0.1) is 24.2 Å². The second kappa shape index (κ2) is 5.25. The summed E-state index contributed by atoms with van der Waals surface area (Å²) in [6.07, 6.45) is 1.77. The molecule has 0 bridgehead atoms. The molecule has 0 aliphatic carbocycles. The van der Waals surface area contributed by atoms with Crippen LogP contribution in [0, 0.1) is 0 Å². The minimum atomic E-state index is 0.833. The summed E-state index contributed by atoms with van der Waals surface area (Å²) >= 11 is 0. The zero-order valence-electron chi connectivity index (χ0n) is 9.92. The monoisotopic (exact) mass is 226 g/mol. The van der Waals surface area contributed by atoms with E-state index in [2.05, 4.69) is 9.98 Å². The van der Waals surface area contributed by atoms with Crippen molar-refractivity contribution in [1.29, 1.82) is 0 Å². The maximum absolute atomic E-state index is 5.10. The Morgan fingerprint density at radius 2 is 1.88 bits per heavy atom. The second-order valence-electron chi connectivity index (χ2n) is 3.61. The molecule has 0 radical (unpaired) electrons. The van der Waals surface area contributed by atoms with E-state index in [0.717, 1.165) is 22.8 Å². The number of hydrogen-bond acceptors (Lipinski definition) is 3. The maximum atomic E-state index is 5.10. The van der Waals surface area contributed by atoms with Gasteiger partial charge in [0.2, 0.25) is 0 Å². The Morgan fingerprint density at radius 3 is 2.47 bits per heavy atom. The van der Waals surface area contributed by atoms with Gasteiger partial charge in [-0.3, -0.25) is 9.98 Å². The Hall–Kier alpha value is -2.16. The molecule has 3 heteroatoms. The quantitative estimate of drug-likeness (QED) is 0.753. The highest BCUT2D eigenvalue weighted by molar-refractivity contribution is 5.98. The molecule has 2 rings (SSSR count). The lowest BCUT2D eigenvalue weighted by Crippen LogP contribution is -1.96. The Morgan fingerprint density at radius 1 is 1.12 bits per heavy atom. The van der Waals surface area contributed by atoms with Crippen molar-refractivity contribution < 1.29 is 4.74 Å². The molecule has 0 spiro atoms. The van der Waals surface area contributed by atoms with Crippen molar-refractivity contribution in [1.82, 2.24) is 4.98 Å². The van der Waals surface area contributed by atoms with Crippen LogP contribution in [0.4, 0.5) is 5.69 Å². The Kier molecular flexibility index (Phi) is 3.50. The third kappa shape index (κ3) is 2.91. The molecule has 0 N–H and O–H groups in total. The normalized spacial score (nSPS) is 11.3. The fourth-order valence-electron chi connectivity index (χ4n) is 1.48. The number of aliphatic imine (C=N–C) groups is 1. The smallest absolute Gasteiger partial charge is 0.119 e. The lowest BCUT2D eigenvalue weighted by atomic mass is 10.2. The first-order chi connectivity index (χ1) is 8.29. The fourth-order valence-corrected chi connectivity index (χ4v) is 1.48. The summed E-state index contributed by atoms with van der Waals surface area (Å²) in [6, 6.07) is 13.4. The van der Waals surface area contributed by atoms with E-state index in [1.165, 1.54) is 0 Å². The standard InChI is InChI=1S/C14H14N2O/c1-11(14-5-3-4-10-15-14)16-12-6-8-13(17-2)9-7-12/h3-10H,1-2H3. The first-order valence-electron chi connectivity index (χ1n) is 5.40. The summed E-state index contributed by atoms with van der Waals surface area (Å²) in [5.74, 6) is 0.833. The minimum absolute atomic E-state index is 0.833. The molecule has 86 valence electrons. The molecule has 1 aromatic carbocycles. The van der Waals surface area contributed by atoms with Crippen molar-refractivity contribution in [3.63, 3.8) is 0 Å². The highest BCUT2D eigenvalue weighted by atomic mass is 16.5. The molecule has 1 heterocycles. The highest BCUT2D eigenvalue weighted by Crippen LogP contribution is 2.18. The molecule has 0 saturated heterocycles. The lowest BCUT2D eigenvalue weighted by Gasteiger charge is -2.01. The van der Waals surface area contributed by atoms with Gasteiger partial charge >= 0.3 is 0 Å². The fraction of sp³-hybridized carbons (Fsp3) is 0.143. The van der Waals surface area contributed by atoms with E-state index in [1.54, 1.807) is 13.3 Å². The molecule has 0 aliphatic rings.